The zero-order valence-corrected chi connectivity index (χ0v) is 16.4. The number of aryl methyl sites for hydroxylation is 1. The topological polar surface area (TPSA) is 132 Å². The van der Waals surface area contributed by atoms with Crippen molar-refractivity contribution >= 4 is 21.9 Å². The van der Waals surface area contributed by atoms with E-state index in [0.29, 0.717) is 11.8 Å². The van der Waals surface area contributed by atoms with Gasteiger partial charge in [-0.05, 0) is 69.6 Å². The lowest BCUT2D eigenvalue weighted by Crippen LogP contribution is -2.49. The minimum atomic E-state index is -3.66. The molecule has 0 aliphatic heterocycles. The first-order valence-electron chi connectivity index (χ1n) is 9.53. The minimum absolute atomic E-state index is 0.201. The van der Waals surface area contributed by atoms with Crippen molar-refractivity contribution in [2.24, 2.45) is 17.8 Å². The molecule has 1 aromatic rings. The predicted octanol–water partition coefficient (Wildman–Crippen LogP) is 2.57. The van der Waals surface area contributed by atoms with Crippen LogP contribution in [0.25, 0.3) is 0 Å². The van der Waals surface area contributed by atoms with Gasteiger partial charge in [0.15, 0.2) is 0 Å². The zero-order chi connectivity index (χ0) is 19.1. The van der Waals surface area contributed by atoms with Crippen molar-refractivity contribution in [3.05, 3.63) is 11.3 Å². The molecule has 4 bridgehead atoms. The second-order valence-corrected chi connectivity index (χ2v) is 9.95. The van der Waals surface area contributed by atoms with Crippen molar-refractivity contribution in [1.29, 1.82) is 0 Å². The number of anilines is 2. The summed E-state index contributed by atoms with van der Waals surface area (Å²) < 4.78 is 26.9. The lowest BCUT2D eigenvalue weighted by Gasteiger charge is -2.57. The zero-order valence-electron chi connectivity index (χ0n) is 15.6. The molecule has 146 valence electrons. The van der Waals surface area contributed by atoms with Gasteiger partial charge in [-0.3, -0.25) is 4.55 Å². The molecule has 7 nitrogen and oxygen atoms in total. The van der Waals surface area contributed by atoms with Crippen LogP contribution in [0.3, 0.4) is 0 Å². The van der Waals surface area contributed by atoms with Gasteiger partial charge in [0, 0.05) is 11.0 Å². The Bertz CT molecular complexity index is 744. The van der Waals surface area contributed by atoms with Crippen LogP contribution in [0.5, 0.6) is 0 Å². The molecule has 26 heavy (non-hydrogen) atoms. The fraction of sp³-hybridized carbons (Fsp3) is 0.778. The van der Waals surface area contributed by atoms with E-state index in [-0.39, 0.29) is 11.2 Å². The molecule has 0 aromatic carbocycles. The Morgan fingerprint density at radius 2 is 1.50 bits per heavy atom. The van der Waals surface area contributed by atoms with E-state index in [1.54, 1.807) is 0 Å². The normalized spacial score (nSPS) is 32.2. The van der Waals surface area contributed by atoms with Crippen LogP contribution in [0.4, 0.5) is 11.8 Å². The molecule has 0 saturated heterocycles. The summed E-state index contributed by atoms with van der Waals surface area (Å²) >= 11 is 0. The van der Waals surface area contributed by atoms with E-state index in [1.807, 2.05) is 0 Å². The van der Waals surface area contributed by atoms with Crippen molar-refractivity contribution in [2.75, 3.05) is 17.2 Å². The third-order valence-electron chi connectivity index (χ3n) is 6.30. The average molecular weight is 383 g/mol. The third kappa shape index (κ3) is 3.81. The number of rotatable bonds is 3. The molecule has 0 spiro atoms. The van der Waals surface area contributed by atoms with Gasteiger partial charge >= 0.3 is 0 Å². The Balaban J connectivity index is 0.000000286. The molecule has 5 rings (SSSR count). The Morgan fingerprint density at radius 1 is 1.04 bits per heavy atom. The van der Waals surface area contributed by atoms with Crippen LogP contribution in [0.15, 0.2) is 0 Å². The Hall–Kier alpha value is -1.41. The van der Waals surface area contributed by atoms with Crippen LogP contribution >= 0.6 is 0 Å². The second kappa shape index (κ2) is 6.96. The number of hydrogen-bond donors (Lipinski definition) is 3. The van der Waals surface area contributed by atoms with Crippen LogP contribution in [0.2, 0.25) is 0 Å². The quantitative estimate of drug-likeness (QED) is 0.684. The first kappa shape index (κ1) is 19.4. The Kier molecular flexibility index (Phi) is 5.18. The van der Waals surface area contributed by atoms with Crippen LogP contribution in [-0.2, 0) is 22.0 Å². The van der Waals surface area contributed by atoms with E-state index in [2.05, 4.69) is 16.9 Å². The molecule has 1 heterocycles. The van der Waals surface area contributed by atoms with Crippen LogP contribution < -0.4 is 11.5 Å². The highest BCUT2D eigenvalue weighted by Crippen LogP contribution is 2.61. The van der Waals surface area contributed by atoms with E-state index in [4.69, 9.17) is 16.0 Å². The van der Waals surface area contributed by atoms with Gasteiger partial charge in [-0.15, -0.1) is 0 Å². The number of hydrogen-bond acceptors (Lipinski definition) is 6. The highest BCUT2D eigenvalue weighted by atomic mass is 32.2. The maximum Gasteiger partial charge on any atom is 0.264 e. The van der Waals surface area contributed by atoms with Gasteiger partial charge in [-0.2, -0.15) is 13.4 Å². The Morgan fingerprint density at radius 3 is 1.88 bits per heavy atom. The Labute approximate surface area is 155 Å². The molecule has 0 amide bonds. The lowest BCUT2D eigenvalue weighted by molar-refractivity contribution is -0.00549. The highest BCUT2D eigenvalue weighted by molar-refractivity contribution is 7.85. The van der Waals surface area contributed by atoms with E-state index < -0.39 is 10.1 Å². The summed E-state index contributed by atoms with van der Waals surface area (Å²) in [4.78, 5) is 8.78. The molecular formula is C18H30N4O3S. The number of nitrogen functional groups attached to an aromatic ring is 2. The molecule has 1 aromatic heterocycles. The van der Waals surface area contributed by atoms with Crippen molar-refractivity contribution in [1.82, 2.24) is 9.97 Å². The minimum Gasteiger partial charge on any atom is -0.383 e. The molecule has 8 heteroatoms. The largest absolute Gasteiger partial charge is 0.383 e. The average Bonchev–Trinajstić information content (AvgIpc) is 2.52. The molecule has 0 radical (unpaired) electrons. The molecule has 5 N–H and O–H groups in total. The molecule has 4 saturated carbocycles. The van der Waals surface area contributed by atoms with Crippen molar-refractivity contribution in [3.8, 4) is 0 Å². The third-order valence-corrected chi connectivity index (χ3v) is 7.03. The van der Waals surface area contributed by atoms with Gasteiger partial charge < -0.3 is 11.5 Å². The van der Waals surface area contributed by atoms with Gasteiger partial charge in [0.2, 0.25) is 5.95 Å². The van der Waals surface area contributed by atoms with Crippen LogP contribution in [0.1, 0.15) is 63.6 Å². The molecule has 4 aliphatic carbocycles. The fourth-order valence-electron chi connectivity index (χ4n) is 5.80. The van der Waals surface area contributed by atoms with E-state index >= 15 is 0 Å². The van der Waals surface area contributed by atoms with Crippen molar-refractivity contribution in [3.63, 3.8) is 0 Å². The lowest BCUT2D eigenvalue weighted by atomic mass is 9.48. The van der Waals surface area contributed by atoms with Crippen molar-refractivity contribution in [2.45, 2.75) is 64.2 Å². The summed E-state index contributed by atoms with van der Waals surface area (Å²) in [5.74, 6) is 3.49. The molecule has 4 aliphatic rings. The van der Waals surface area contributed by atoms with Crippen LogP contribution in [0, 0.1) is 17.8 Å². The summed E-state index contributed by atoms with van der Waals surface area (Å²) in [7, 11) is -3.66. The van der Waals surface area contributed by atoms with Gasteiger partial charge in [0.1, 0.15) is 5.82 Å². The van der Waals surface area contributed by atoms with Gasteiger partial charge in [0.25, 0.3) is 10.1 Å². The van der Waals surface area contributed by atoms with Gasteiger partial charge in [-0.1, -0.05) is 6.92 Å². The first-order valence-corrected chi connectivity index (χ1v) is 11.1. The maximum absolute atomic E-state index is 9.56. The van der Waals surface area contributed by atoms with Crippen molar-refractivity contribution < 1.29 is 13.0 Å². The highest BCUT2D eigenvalue weighted by Gasteiger charge is 2.53. The summed E-state index contributed by atoms with van der Waals surface area (Å²) in [6.07, 6.45) is 9.10. The molecular weight excluding hydrogens is 352 g/mol. The van der Waals surface area contributed by atoms with E-state index in [9.17, 15) is 8.42 Å². The maximum atomic E-state index is 9.56. The monoisotopic (exact) mass is 382 g/mol. The standard InChI is InChI=1S/C16H24N4.C2H6O3S/c1-2-12-13(14(17)20-15(18)19-12)16-6-9-3-10(7-16)5-11(4-9)8-16;1-2-6(3,4)5/h9-11H,2-8H2,1H3,(H4,17,18,19,20);2H2,1H3,(H,3,4,5). The van der Waals surface area contributed by atoms with E-state index in [0.717, 1.165) is 29.9 Å². The summed E-state index contributed by atoms with van der Waals surface area (Å²) in [5, 5.41) is 0. The smallest absolute Gasteiger partial charge is 0.264 e. The fourth-order valence-corrected chi connectivity index (χ4v) is 5.80. The first-order chi connectivity index (χ1) is 12.2. The van der Waals surface area contributed by atoms with Gasteiger partial charge in [-0.25, -0.2) is 4.98 Å². The van der Waals surface area contributed by atoms with Crippen LogP contribution in [-0.4, -0.2) is 28.7 Å². The number of nitrogens with zero attached hydrogens (tertiary/aromatic N) is 2. The second-order valence-electron chi connectivity index (χ2n) is 8.21. The number of aromatic nitrogens is 2. The summed E-state index contributed by atoms with van der Waals surface area (Å²) in [5.41, 5.74) is 14.7. The molecule has 0 unspecified atom stereocenters. The molecule has 0 atom stereocenters. The summed E-state index contributed by atoms with van der Waals surface area (Å²) in [6, 6.07) is 0. The number of nitrogens with two attached hydrogens (primary N) is 2. The SMILES string of the molecule is CCS(=O)(=O)O.CCc1nc(N)nc(N)c1C12CC3CC(CC(C3)C1)C2. The van der Waals surface area contributed by atoms with Gasteiger partial charge in [0.05, 0.1) is 11.4 Å². The predicted molar refractivity (Wildman–Crippen MR) is 102 cm³/mol. The molecule has 4 fully saturated rings. The summed E-state index contributed by atoms with van der Waals surface area (Å²) in [6.45, 7) is 3.51. The van der Waals surface area contributed by atoms with E-state index in [1.165, 1.54) is 51.0 Å².